The minimum atomic E-state index is -0.337. The summed E-state index contributed by atoms with van der Waals surface area (Å²) in [7, 11) is 0. The predicted octanol–water partition coefficient (Wildman–Crippen LogP) is 3.47. The number of carbonyl (C=O) groups excluding carboxylic acids is 1. The van der Waals surface area contributed by atoms with E-state index in [-0.39, 0.29) is 23.9 Å². The lowest BCUT2D eigenvalue weighted by molar-refractivity contribution is -0.124. The Balaban J connectivity index is 2.49. The van der Waals surface area contributed by atoms with Crippen molar-refractivity contribution in [3.05, 3.63) is 27.6 Å². The first-order valence-corrected chi connectivity index (χ1v) is 8.08. The molecule has 0 saturated carbocycles. The van der Waals surface area contributed by atoms with Crippen molar-refractivity contribution in [3.8, 4) is 0 Å². The van der Waals surface area contributed by atoms with Crippen LogP contribution in [-0.2, 0) is 10.7 Å². The van der Waals surface area contributed by atoms with Gasteiger partial charge in [0.25, 0.3) is 0 Å². The molecule has 1 atom stereocenters. The number of halogens is 2. The Labute approximate surface area is 137 Å². The van der Waals surface area contributed by atoms with Crippen LogP contribution in [0.25, 0.3) is 11.0 Å². The fourth-order valence-corrected chi connectivity index (χ4v) is 2.83. The molecule has 4 nitrogen and oxygen atoms in total. The lowest BCUT2D eigenvalue weighted by atomic mass is 10.2. The molecule has 0 fully saturated rings. The van der Waals surface area contributed by atoms with Crippen molar-refractivity contribution in [2.24, 2.45) is 0 Å². The van der Waals surface area contributed by atoms with Crippen LogP contribution in [0.2, 0.25) is 0 Å². The highest BCUT2D eigenvalue weighted by molar-refractivity contribution is 14.1. The maximum absolute atomic E-state index is 12.2. The van der Waals surface area contributed by atoms with Crippen LogP contribution in [0.1, 0.15) is 32.6 Å². The quantitative estimate of drug-likeness (QED) is 0.625. The Morgan fingerprint density at radius 1 is 1.45 bits per heavy atom. The number of hydrogen-bond donors (Lipinski definition) is 1. The molecule has 0 saturated heterocycles. The van der Waals surface area contributed by atoms with E-state index >= 15 is 0 Å². The van der Waals surface area contributed by atoms with Crippen molar-refractivity contribution in [3.63, 3.8) is 0 Å². The first-order valence-electron chi connectivity index (χ1n) is 6.46. The topological polar surface area (TPSA) is 46.9 Å². The molecular formula is C14H17ClIN3O. The van der Waals surface area contributed by atoms with Gasteiger partial charge in [0.1, 0.15) is 11.9 Å². The van der Waals surface area contributed by atoms with Crippen LogP contribution in [0, 0.1) is 3.57 Å². The highest BCUT2D eigenvalue weighted by atomic mass is 127. The number of hydrogen-bond acceptors (Lipinski definition) is 2. The van der Waals surface area contributed by atoms with E-state index < -0.39 is 0 Å². The van der Waals surface area contributed by atoms with Crippen LogP contribution in [-0.4, -0.2) is 21.5 Å². The van der Waals surface area contributed by atoms with E-state index in [1.807, 2.05) is 43.5 Å². The second-order valence-corrected chi connectivity index (χ2v) is 6.52. The van der Waals surface area contributed by atoms with Gasteiger partial charge in [-0.15, -0.1) is 11.6 Å². The number of benzene rings is 1. The number of carbonyl (C=O) groups is 1. The summed E-state index contributed by atoms with van der Waals surface area (Å²) in [5.41, 5.74) is 1.81. The number of amides is 1. The largest absolute Gasteiger partial charge is 0.352 e. The molecule has 1 heterocycles. The van der Waals surface area contributed by atoms with Gasteiger partial charge >= 0.3 is 0 Å². The van der Waals surface area contributed by atoms with E-state index in [0.29, 0.717) is 0 Å². The summed E-state index contributed by atoms with van der Waals surface area (Å²) < 4.78 is 3.02. The number of imidazole rings is 1. The van der Waals surface area contributed by atoms with Crippen LogP contribution < -0.4 is 5.32 Å². The van der Waals surface area contributed by atoms with E-state index in [1.165, 1.54) is 0 Å². The number of nitrogens with one attached hydrogen (secondary N) is 1. The molecule has 108 valence electrons. The zero-order chi connectivity index (χ0) is 14.9. The van der Waals surface area contributed by atoms with Crippen molar-refractivity contribution in [2.75, 3.05) is 0 Å². The number of aromatic nitrogens is 2. The monoisotopic (exact) mass is 405 g/mol. The molecule has 0 bridgehead atoms. The summed E-state index contributed by atoms with van der Waals surface area (Å²) in [6.45, 7) is 5.76. The smallest absolute Gasteiger partial charge is 0.243 e. The summed E-state index contributed by atoms with van der Waals surface area (Å²) in [5.74, 6) is 0.976. The van der Waals surface area contributed by atoms with Crippen LogP contribution in [0.3, 0.4) is 0 Å². The van der Waals surface area contributed by atoms with Crippen LogP contribution in [0.4, 0.5) is 0 Å². The van der Waals surface area contributed by atoms with Crippen molar-refractivity contribution < 1.29 is 4.79 Å². The fraction of sp³-hybridized carbons (Fsp3) is 0.429. The van der Waals surface area contributed by atoms with Gasteiger partial charge in [0, 0.05) is 9.61 Å². The Hall–Kier alpha value is -0.820. The summed E-state index contributed by atoms with van der Waals surface area (Å²) in [6, 6.07) is 5.76. The Morgan fingerprint density at radius 2 is 2.15 bits per heavy atom. The Morgan fingerprint density at radius 3 is 2.75 bits per heavy atom. The molecule has 2 rings (SSSR count). The van der Waals surface area contributed by atoms with E-state index in [4.69, 9.17) is 11.6 Å². The third-order valence-electron chi connectivity index (χ3n) is 3.04. The van der Waals surface area contributed by atoms with E-state index in [1.54, 1.807) is 0 Å². The maximum atomic E-state index is 12.2. The minimum Gasteiger partial charge on any atom is -0.352 e. The van der Waals surface area contributed by atoms with E-state index in [0.717, 1.165) is 20.4 Å². The van der Waals surface area contributed by atoms with E-state index in [9.17, 15) is 4.79 Å². The van der Waals surface area contributed by atoms with Gasteiger partial charge < -0.3 is 9.88 Å². The highest BCUT2D eigenvalue weighted by Crippen LogP contribution is 2.24. The lowest BCUT2D eigenvalue weighted by Crippen LogP contribution is -2.36. The third kappa shape index (κ3) is 3.09. The summed E-state index contributed by atoms with van der Waals surface area (Å²) in [6.07, 6.45) is 0. The predicted molar refractivity (Wildman–Crippen MR) is 90.0 cm³/mol. The van der Waals surface area contributed by atoms with Gasteiger partial charge in [0.15, 0.2) is 0 Å². The first kappa shape index (κ1) is 15.6. The Kier molecular flexibility index (Phi) is 4.90. The molecule has 6 heteroatoms. The maximum Gasteiger partial charge on any atom is 0.243 e. The fourth-order valence-electron chi connectivity index (χ4n) is 2.17. The summed E-state index contributed by atoms with van der Waals surface area (Å²) >= 11 is 8.23. The zero-order valence-electron chi connectivity index (χ0n) is 11.7. The summed E-state index contributed by atoms with van der Waals surface area (Å²) in [5, 5.41) is 2.93. The third-order valence-corrected chi connectivity index (χ3v) is 3.95. The molecule has 20 heavy (non-hydrogen) atoms. The molecule has 0 aliphatic heterocycles. The normalized spacial score (nSPS) is 12.9. The molecule has 0 spiro atoms. The number of nitrogens with zero attached hydrogens (tertiary/aromatic N) is 2. The van der Waals surface area contributed by atoms with Crippen molar-refractivity contribution in [1.82, 2.24) is 14.9 Å². The molecule has 0 radical (unpaired) electrons. The second-order valence-electron chi connectivity index (χ2n) is 5.00. The van der Waals surface area contributed by atoms with Crippen LogP contribution in [0.5, 0.6) is 0 Å². The summed E-state index contributed by atoms with van der Waals surface area (Å²) in [4.78, 5) is 16.7. The zero-order valence-corrected chi connectivity index (χ0v) is 14.6. The van der Waals surface area contributed by atoms with Gasteiger partial charge in [-0.2, -0.15) is 0 Å². The standard InChI is InChI=1S/C14H17ClIN3O/c1-8(2)17-14(20)9(3)19-12-5-4-10(16)6-11(12)18-13(19)7-15/h4-6,8-9H,7H2,1-3H3,(H,17,20). The highest BCUT2D eigenvalue weighted by Gasteiger charge is 2.21. The SMILES string of the molecule is CC(C)NC(=O)C(C)n1c(CCl)nc2cc(I)ccc21. The van der Waals surface area contributed by atoms with Gasteiger partial charge in [0.2, 0.25) is 5.91 Å². The number of rotatable bonds is 4. The molecule has 1 unspecified atom stereocenters. The van der Waals surface area contributed by atoms with Gasteiger partial charge in [-0.1, -0.05) is 0 Å². The molecule has 1 amide bonds. The number of fused-ring (bicyclic) bond motifs is 1. The minimum absolute atomic E-state index is 0.0239. The first-order chi connectivity index (χ1) is 9.43. The van der Waals surface area contributed by atoms with Gasteiger partial charge in [0.05, 0.1) is 16.9 Å². The van der Waals surface area contributed by atoms with Crippen molar-refractivity contribution in [1.29, 1.82) is 0 Å². The average molecular weight is 406 g/mol. The second kappa shape index (κ2) is 6.30. The molecule has 1 aromatic heterocycles. The Bertz CT molecular complexity index is 639. The molecule has 1 aromatic carbocycles. The molecule has 1 N–H and O–H groups in total. The van der Waals surface area contributed by atoms with Gasteiger partial charge in [-0.3, -0.25) is 4.79 Å². The number of alkyl halides is 1. The lowest BCUT2D eigenvalue weighted by Gasteiger charge is -2.18. The van der Waals surface area contributed by atoms with Crippen molar-refractivity contribution in [2.45, 2.75) is 38.7 Å². The molecule has 0 aliphatic rings. The average Bonchev–Trinajstić information content (AvgIpc) is 2.74. The van der Waals surface area contributed by atoms with E-state index in [2.05, 4.69) is 32.9 Å². The van der Waals surface area contributed by atoms with Crippen LogP contribution in [0.15, 0.2) is 18.2 Å². The molecular weight excluding hydrogens is 389 g/mol. The van der Waals surface area contributed by atoms with Gasteiger partial charge in [-0.25, -0.2) is 4.98 Å². The van der Waals surface area contributed by atoms with Gasteiger partial charge in [-0.05, 0) is 61.6 Å². The van der Waals surface area contributed by atoms with Crippen molar-refractivity contribution >= 4 is 51.1 Å². The molecule has 0 aliphatic carbocycles. The van der Waals surface area contributed by atoms with Crippen LogP contribution >= 0.6 is 34.2 Å². The molecule has 2 aromatic rings.